The van der Waals surface area contributed by atoms with Crippen molar-refractivity contribution in [3.63, 3.8) is 0 Å². The standard InChI is InChI=1S/C11H22N2O/c1-8-5-13(6-9(8)2)10(14)11(3,4)7-12/h8-9H,5-7,12H2,1-4H3. The molecule has 1 amide bonds. The Balaban J connectivity index is 2.64. The maximum Gasteiger partial charge on any atom is 0.229 e. The summed E-state index contributed by atoms with van der Waals surface area (Å²) < 4.78 is 0. The van der Waals surface area contributed by atoms with Crippen molar-refractivity contribution in [3.05, 3.63) is 0 Å². The van der Waals surface area contributed by atoms with Crippen molar-refractivity contribution in [2.45, 2.75) is 27.7 Å². The van der Waals surface area contributed by atoms with Gasteiger partial charge in [0.25, 0.3) is 0 Å². The van der Waals surface area contributed by atoms with E-state index in [1.807, 2.05) is 18.7 Å². The third-order valence-corrected chi connectivity index (χ3v) is 3.36. The summed E-state index contributed by atoms with van der Waals surface area (Å²) in [6, 6.07) is 0. The zero-order valence-corrected chi connectivity index (χ0v) is 9.71. The first-order valence-electron chi connectivity index (χ1n) is 5.38. The molecule has 0 radical (unpaired) electrons. The second kappa shape index (κ2) is 3.89. The molecule has 3 heteroatoms. The number of nitrogens with zero attached hydrogens (tertiary/aromatic N) is 1. The van der Waals surface area contributed by atoms with Gasteiger partial charge in [-0.15, -0.1) is 0 Å². The molecule has 0 aromatic carbocycles. The lowest BCUT2D eigenvalue weighted by molar-refractivity contribution is -0.138. The Morgan fingerprint density at radius 1 is 1.36 bits per heavy atom. The van der Waals surface area contributed by atoms with Gasteiger partial charge in [0.1, 0.15) is 0 Å². The van der Waals surface area contributed by atoms with E-state index in [2.05, 4.69) is 13.8 Å². The summed E-state index contributed by atoms with van der Waals surface area (Å²) in [6.45, 7) is 10.4. The number of carbonyl (C=O) groups is 1. The van der Waals surface area contributed by atoms with Crippen LogP contribution in [0.5, 0.6) is 0 Å². The lowest BCUT2D eigenvalue weighted by atomic mass is 9.92. The van der Waals surface area contributed by atoms with E-state index in [9.17, 15) is 4.79 Å². The predicted octanol–water partition coefficient (Wildman–Crippen LogP) is 1.09. The number of hydrogen-bond donors (Lipinski definition) is 1. The first kappa shape index (κ1) is 11.5. The predicted molar refractivity (Wildman–Crippen MR) is 57.7 cm³/mol. The van der Waals surface area contributed by atoms with Crippen molar-refractivity contribution < 1.29 is 4.79 Å². The molecule has 1 saturated heterocycles. The lowest BCUT2D eigenvalue weighted by Crippen LogP contribution is -2.43. The van der Waals surface area contributed by atoms with Gasteiger partial charge in [-0.05, 0) is 25.7 Å². The van der Waals surface area contributed by atoms with Gasteiger partial charge in [-0.2, -0.15) is 0 Å². The van der Waals surface area contributed by atoms with E-state index < -0.39 is 5.41 Å². The Bertz CT molecular complexity index is 215. The Hall–Kier alpha value is -0.570. The monoisotopic (exact) mass is 198 g/mol. The SMILES string of the molecule is CC1CN(C(=O)C(C)(C)CN)CC1C. The van der Waals surface area contributed by atoms with E-state index in [1.165, 1.54) is 0 Å². The highest BCUT2D eigenvalue weighted by molar-refractivity contribution is 5.82. The van der Waals surface area contributed by atoms with Crippen LogP contribution in [0.4, 0.5) is 0 Å². The highest BCUT2D eigenvalue weighted by atomic mass is 16.2. The third kappa shape index (κ3) is 2.08. The van der Waals surface area contributed by atoms with Crippen LogP contribution in [0.3, 0.4) is 0 Å². The number of rotatable bonds is 2. The largest absolute Gasteiger partial charge is 0.342 e. The topological polar surface area (TPSA) is 46.3 Å². The minimum absolute atomic E-state index is 0.205. The van der Waals surface area contributed by atoms with E-state index in [1.54, 1.807) is 0 Å². The molecule has 1 heterocycles. The molecule has 0 aromatic rings. The molecule has 1 fully saturated rings. The van der Waals surface area contributed by atoms with Gasteiger partial charge in [0.05, 0.1) is 5.41 Å². The molecule has 2 unspecified atom stereocenters. The highest BCUT2D eigenvalue weighted by Crippen LogP contribution is 2.26. The van der Waals surface area contributed by atoms with E-state index in [0.29, 0.717) is 18.4 Å². The smallest absolute Gasteiger partial charge is 0.229 e. The van der Waals surface area contributed by atoms with E-state index in [-0.39, 0.29) is 5.91 Å². The number of amides is 1. The molecular weight excluding hydrogens is 176 g/mol. The summed E-state index contributed by atoms with van der Waals surface area (Å²) >= 11 is 0. The normalized spacial score (nSPS) is 28.2. The molecule has 2 N–H and O–H groups in total. The number of carbonyl (C=O) groups excluding carboxylic acids is 1. The van der Waals surface area contributed by atoms with Crippen LogP contribution in [-0.2, 0) is 4.79 Å². The molecule has 0 bridgehead atoms. The van der Waals surface area contributed by atoms with Crippen molar-refractivity contribution in [2.75, 3.05) is 19.6 Å². The van der Waals surface area contributed by atoms with Crippen LogP contribution in [0.1, 0.15) is 27.7 Å². The Kier molecular flexibility index (Phi) is 3.20. The second-order valence-electron chi connectivity index (χ2n) is 5.25. The van der Waals surface area contributed by atoms with Crippen molar-refractivity contribution in [1.82, 2.24) is 4.90 Å². The van der Waals surface area contributed by atoms with Gasteiger partial charge in [0.2, 0.25) is 5.91 Å². The molecule has 2 atom stereocenters. The molecule has 1 aliphatic heterocycles. The molecule has 1 rings (SSSR count). The Morgan fingerprint density at radius 3 is 2.14 bits per heavy atom. The molecule has 1 aliphatic rings. The van der Waals surface area contributed by atoms with Gasteiger partial charge in [-0.1, -0.05) is 13.8 Å². The van der Waals surface area contributed by atoms with Gasteiger partial charge in [0.15, 0.2) is 0 Å². The molecular formula is C11H22N2O. The van der Waals surface area contributed by atoms with Crippen LogP contribution in [0.2, 0.25) is 0 Å². The third-order valence-electron chi connectivity index (χ3n) is 3.36. The number of likely N-dealkylation sites (tertiary alicyclic amines) is 1. The minimum Gasteiger partial charge on any atom is -0.342 e. The van der Waals surface area contributed by atoms with Crippen molar-refractivity contribution >= 4 is 5.91 Å². The highest BCUT2D eigenvalue weighted by Gasteiger charge is 2.36. The summed E-state index contributed by atoms with van der Waals surface area (Å²) in [5.74, 6) is 1.44. The second-order valence-corrected chi connectivity index (χ2v) is 5.25. The van der Waals surface area contributed by atoms with Crippen molar-refractivity contribution in [3.8, 4) is 0 Å². The molecule has 0 spiro atoms. The lowest BCUT2D eigenvalue weighted by Gasteiger charge is -2.27. The molecule has 0 aliphatic carbocycles. The van der Waals surface area contributed by atoms with Gasteiger partial charge in [0, 0.05) is 19.6 Å². The molecule has 0 saturated carbocycles. The van der Waals surface area contributed by atoms with Gasteiger partial charge in [-0.25, -0.2) is 0 Å². The molecule has 3 nitrogen and oxygen atoms in total. The van der Waals surface area contributed by atoms with Gasteiger partial charge in [-0.3, -0.25) is 4.79 Å². The summed E-state index contributed by atoms with van der Waals surface area (Å²) in [5, 5.41) is 0. The van der Waals surface area contributed by atoms with E-state index in [0.717, 1.165) is 13.1 Å². The summed E-state index contributed by atoms with van der Waals surface area (Å²) in [6.07, 6.45) is 0. The summed E-state index contributed by atoms with van der Waals surface area (Å²) in [5.41, 5.74) is 5.20. The van der Waals surface area contributed by atoms with Crippen LogP contribution in [0, 0.1) is 17.3 Å². The van der Waals surface area contributed by atoms with Crippen LogP contribution < -0.4 is 5.73 Å². The molecule has 14 heavy (non-hydrogen) atoms. The quantitative estimate of drug-likeness (QED) is 0.722. The number of nitrogens with two attached hydrogens (primary N) is 1. The van der Waals surface area contributed by atoms with Crippen molar-refractivity contribution in [1.29, 1.82) is 0 Å². The van der Waals surface area contributed by atoms with Crippen molar-refractivity contribution in [2.24, 2.45) is 23.0 Å². The zero-order chi connectivity index (χ0) is 10.9. The maximum absolute atomic E-state index is 12.0. The van der Waals surface area contributed by atoms with E-state index in [4.69, 9.17) is 5.73 Å². The number of hydrogen-bond acceptors (Lipinski definition) is 2. The fourth-order valence-corrected chi connectivity index (χ4v) is 1.81. The van der Waals surface area contributed by atoms with Crippen LogP contribution in [0.25, 0.3) is 0 Å². The fraction of sp³-hybridized carbons (Fsp3) is 0.909. The van der Waals surface area contributed by atoms with Gasteiger partial charge >= 0.3 is 0 Å². The van der Waals surface area contributed by atoms with Crippen LogP contribution in [0.15, 0.2) is 0 Å². The summed E-state index contributed by atoms with van der Waals surface area (Å²) in [7, 11) is 0. The minimum atomic E-state index is -0.399. The molecule has 0 aromatic heterocycles. The van der Waals surface area contributed by atoms with Gasteiger partial charge < -0.3 is 10.6 Å². The maximum atomic E-state index is 12.0. The average Bonchev–Trinajstić information content (AvgIpc) is 2.45. The molecule has 82 valence electrons. The average molecular weight is 198 g/mol. The fourth-order valence-electron chi connectivity index (χ4n) is 1.81. The van der Waals surface area contributed by atoms with E-state index >= 15 is 0 Å². The Morgan fingerprint density at radius 2 is 1.79 bits per heavy atom. The Labute approximate surface area is 86.6 Å². The first-order chi connectivity index (χ1) is 6.38. The van der Waals surface area contributed by atoms with Crippen LogP contribution in [-0.4, -0.2) is 30.4 Å². The zero-order valence-electron chi connectivity index (χ0n) is 9.71. The summed E-state index contributed by atoms with van der Waals surface area (Å²) in [4.78, 5) is 14.0. The first-order valence-corrected chi connectivity index (χ1v) is 5.38. The van der Waals surface area contributed by atoms with Crippen LogP contribution >= 0.6 is 0 Å².